The van der Waals surface area contributed by atoms with Gasteiger partial charge in [-0.3, -0.25) is 4.79 Å². The van der Waals surface area contributed by atoms with E-state index in [1.54, 1.807) is 12.1 Å². The Labute approximate surface area is 129 Å². The molecule has 0 bridgehead atoms. The standard InChI is InChI=1S/C14H21ClN4O2/c1-2-16-7-8-17-13(20)10-19-14(21)18-9-11-3-5-12(15)6-4-11/h3-6,16H,2,7-10H2,1H3,(H,17,20)(H2,18,19,21). The summed E-state index contributed by atoms with van der Waals surface area (Å²) in [5, 5.41) is 11.6. The first-order valence-electron chi connectivity index (χ1n) is 6.85. The van der Waals surface area contributed by atoms with Gasteiger partial charge in [-0.05, 0) is 24.2 Å². The third kappa shape index (κ3) is 8.16. The van der Waals surface area contributed by atoms with Gasteiger partial charge in [-0.15, -0.1) is 0 Å². The van der Waals surface area contributed by atoms with Crippen LogP contribution in [0.25, 0.3) is 0 Å². The number of hydrogen-bond donors (Lipinski definition) is 4. The van der Waals surface area contributed by atoms with E-state index in [0.717, 1.165) is 12.1 Å². The fourth-order valence-electron chi connectivity index (χ4n) is 1.54. The van der Waals surface area contributed by atoms with Crippen molar-refractivity contribution >= 4 is 23.5 Å². The Bertz CT molecular complexity index is 451. The molecule has 0 saturated heterocycles. The van der Waals surface area contributed by atoms with Crippen LogP contribution in [0, 0.1) is 0 Å². The van der Waals surface area contributed by atoms with Crippen molar-refractivity contribution < 1.29 is 9.59 Å². The van der Waals surface area contributed by atoms with E-state index in [9.17, 15) is 9.59 Å². The average molecular weight is 313 g/mol. The summed E-state index contributed by atoms with van der Waals surface area (Å²) in [7, 11) is 0. The minimum absolute atomic E-state index is 0.0431. The smallest absolute Gasteiger partial charge is 0.315 e. The van der Waals surface area contributed by atoms with Gasteiger partial charge in [0.25, 0.3) is 0 Å². The molecule has 0 aliphatic heterocycles. The molecule has 0 unspecified atom stereocenters. The monoisotopic (exact) mass is 312 g/mol. The molecule has 116 valence electrons. The first kappa shape index (κ1) is 17.3. The lowest BCUT2D eigenvalue weighted by Crippen LogP contribution is -2.43. The Balaban J connectivity index is 2.13. The molecule has 0 spiro atoms. The number of carbonyl (C=O) groups excluding carboxylic acids is 2. The van der Waals surface area contributed by atoms with Crippen LogP contribution in [0.5, 0.6) is 0 Å². The van der Waals surface area contributed by atoms with Gasteiger partial charge in [0.2, 0.25) is 5.91 Å². The van der Waals surface area contributed by atoms with E-state index < -0.39 is 0 Å². The summed E-state index contributed by atoms with van der Waals surface area (Å²) in [6.07, 6.45) is 0. The number of rotatable bonds is 8. The minimum Gasteiger partial charge on any atom is -0.353 e. The molecule has 0 aliphatic carbocycles. The topological polar surface area (TPSA) is 82.3 Å². The van der Waals surface area contributed by atoms with E-state index in [-0.39, 0.29) is 18.5 Å². The summed E-state index contributed by atoms with van der Waals surface area (Å²) in [6, 6.07) is 6.79. The van der Waals surface area contributed by atoms with Crippen molar-refractivity contribution in [3.05, 3.63) is 34.9 Å². The number of urea groups is 1. The van der Waals surface area contributed by atoms with Crippen LogP contribution in [0.4, 0.5) is 4.79 Å². The van der Waals surface area contributed by atoms with E-state index >= 15 is 0 Å². The van der Waals surface area contributed by atoms with Crippen LogP contribution in [0.1, 0.15) is 12.5 Å². The highest BCUT2D eigenvalue weighted by Gasteiger charge is 2.04. The maximum Gasteiger partial charge on any atom is 0.315 e. The summed E-state index contributed by atoms with van der Waals surface area (Å²) in [5.41, 5.74) is 0.935. The molecule has 0 aromatic heterocycles. The predicted molar refractivity (Wildman–Crippen MR) is 83.2 cm³/mol. The number of carbonyl (C=O) groups is 2. The zero-order chi connectivity index (χ0) is 15.5. The second-order valence-electron chi connectivity index (χ2n) is 4.37. The van der Waals surface area contributed by atoms with Gasteiger partial charge >= 0.3 is 6.03 Å². The fourth-order valence-corrected chi connectivity index (χ4v) is 1.66. The van der Waals surface area contributed by atoms with Crippen LogP contribution in [0.15, 0.2) is 24.3 Å². The molecule has 21 heavy (non-hydrogen) atoms. The van der Waals surface area contributed by atoms with Crippen LogP contribution in [-0.4, -0.2) is 38.1 Å². The van der Waals surface area contributed by atoms with Gasteiger partial charge in [-0.2, -0.15) is 0 Å². The highest BCUT2D eigenvalue weighted by atomic mass is 35.5. The van der Waals surface area contributed by atoms with Crippen molar-refractivity contribution in [3.8, 4) is 0 Å². The lowest BCUT2D eigenvalue weighted by atomic mass is 10.2. The van der Waals surface area contributed by atoms with Crippen molar-refractivity contribution in [2.24, 2.45) is 0 Å². The Morgan fingerprint density at radius 1 is 1.05 bits per heavy atom. The van der Waals surface area contributed by atoms with E-state index in [1.165, 1.54) is 0 Å². The third-order valence-corrected chi connectivity index (χ3v) is 2.90. The molecule has 1 aromatic rings. The summed E-state index contributed by atoms with van der Waals surface area (Å²) >= 11 is 5.77. The number of hydrogen-bond acceptors (Lipinski definition) is 3. The van der Waals surface area contributed by atoms with Crippen molar-refractivity contribution in [1.82, 2.24) is 21.3 Å². The molecule has 0 heterocycles. The van der Waals surface area contributed by atoms with Crippen LogP contribution >= 0.6 is 11.6 Å². The predicted octanol–water partition coefficient (Wildman–Crippen LogP) is 0.865. The molecule has 3 amide bonds. The molecular formula is C14H21ClN4O2. The zero-order valence-electron chi connectivity index (χ0n) is 12.0. The average Bonchev–Trinajstić information content (AvgIpc) is 2.49. The highest BCUT2D eigenvalue weighted by Crippen LogP contribution is 2.08. The molecule has 1 rings (SSSR count). The third-order valence-electron chi connectivity index (χ3n) is 2.65. The first-order valence-corrected chi connectivity index (χ1v) is 7.23. The number of amides is 3. The van der Waals surface area contributed by atoms with Gasteiger partial charge in [0.15, 0.2) is 0 Å². The van der Waals surface area contributed by atoms with Gasteiger partial charge in [0.05, 0.1) is 6.54 Å². The lowest BCUT2D eigenvalue weighted by Gasteiger charge is -2.08. The van der Waals surface area contributed by atoms with Crippen LogP contribution in [0.2, 0.25) is 5.02 Å². The normalized spacial score (nSPS) is 10.0. The van der Waals surface area contributed by atoms with E-state index in [4.69, 9.17) is 11.6 Å². The van der Waals surface area contributed by atoms with Crippen molar-refractivity contribution in [1.29, 1.82) is 0 Å². The minimum atomic E-state index is -0.383. The molecule has 0 fully saturated rings. The molecule has 0 aliphatic rings. The van der Waals surface area contributed by atoms with Gasteiger partial charge in [-0.25, -0.2) is 4.79 Å². The largest absolute Gasteiger partial charge is 0.353 e. The summed E-state index contributed by atoms with van der Waals surface area (Å²) < 4.78 is 0. The number of nitrogens with one attached hydrogen (secondary N) is 4. The number of likely N-dealkylation sites (N-methyl/N-ethyl adjacent to an activating group) is 1. The lowest BCUT2D eigenvalue weighted by molar-refractivity contribution is -0.120. The zero-order valence-corrected chi connectivity index (χ0v) is 12.8. The summed E-state index contributed by atoms with van der Waals surface area (Å²) in [4.78, 5) is 22.9. The van der Waals surface area contributed by atoms with Crippen LogP contribution in [-0.2, 0) is 11.3 Å². The Hall–Kier alpha value is -1.79. The van der Waals surface area contributed by atoms with Gasteiger partial charge in [0, 0.05) is 24.7 Å². The summed E-state index contributed by atoms with van der Waals surface area (Å²) in [6.45, 7) is 4.45. The molecule has 6 nitrogen and oxygen atoms in total. The van der Waals surface area contributed by atoms with Crippen molar-refractivity contribution in [3.63, 3.8) is 0 Å². The second kappa shape index (κ2) is 10.0. The maximum absolute atomic E-state index is 11.5. The molecule has 1 aromatic carbocycles. The molecule has 7 heteroatoms. The van der Waals surface area contributed by atoms with E-state index in [0.29, 0.717) is 24.7 Å². The summed E-state index contributed by atoms with van der Waals surface area (Å²) in [5.74, 6) is -0.213. The molecule has 0 radical (unpaired) electrons. The first-order chi connectivity index (χ1) is 10.1. The Kier molecular flexibility index (Phi) is 8.23. The van der Waals surface area contributed by atoms with Gasteiger partial charge in [-0.1, -0.05) is 30.7 Å². The molecule has 4 N–H and O–H groups in total. The maximum atomic E-state index is 11.5. The molecular weight excluding hydrogens is 292 g/mol. The fraction of sp³-hybridized carbons (Fsp3) is 0.429. The number of halogens is 1. The quantitative estimate of drug-likeness (QED) is 0.538. The van der Waals surface area contributed by atoms with Gasteiger partial charge < -0.3 is 21.3 Å². The Morgan fingerprint density at radius 2 is 1.76 bits per heavy atom. The van der Waals surface area contributed by atoms with Crippen LogP contribution < -0.4 is 21.3 Å². The van der Waals surface area contributed by atoms with E-state index in [2.05, 4.69) is 21.3 Å². The van der Waals surface area contributed by atoms with Crippen molar-refractivity contribution in [2.75, 3.05) is 26.2 Å². The molecule has 0 atom stereocenters. The highest BCUT2D eigenvalue weighted by molar-refractivity contribution is 6.30. The number of benzene rings is 1. The molecule has 0 saturated carbocycles. The van der Waals surface area contributed by atoms with Gasteiger partial charge in [0.1, 0.15) is 0 Å². The van der Waals surface area contributed by atoms with Crippen LogP contribution in [0.3, 0.4) is 0 Å². The second-order valence-corrected chi connectivity index (χ2v) is 4.80. The Morgan fingerprint density at radius 3 is 2.43 bits per heavy atom. The van der Waals surface area contributed by atoms with Crippen molar-refractivity contribution in [2.45, 2.75) is 13.5 Å². The van der Waals surface area contributed by atoms with E-state index in [1.807, 2.05) is 19.1 Å². The SMILES string of the molecule is CCNCCNC(=O)CNC(=O)NCc1ccc(Cl)cc1.